The van der Waals surface area contributed by atoms with E-state index in [2.05, 4.69) is 15.2 Å². The van der Waals surface area contributed by atoms with Gasteiger partial charge in [-0.25, -0.2) is 4.98 Å². The first kappa shape index (κ1) is 22.4. The molecule has 8 heteroatoms. The summed E-state index contributed by atoms with van der Waals surface area (Å²) in [4.78, 5) is 35.0. The fraction of sp³-hybridized carbons (Fsp3) is 0.609. The third-order valence-electron chi connectivity index (χ3n) is 6.23. The van der Waals surface area contributed by atoms with Crippen LogP contribution in [0.5, 0.6) is 0 Å². The van der Waals surface area contributed by atoms with Crippen molar-refractivity contribution in [3.05, 3.63) is 33.5 Å². The van der Waals surface area contributed by atoms with Gasteiger partial charge < -0.3 is 15.1 Å². The molecule has 168 valence electrons. The van der Waals surface area contributed by atoms with E-state index in [1.54, 1.807) is 11.3 Å². The van der Waals surface area contributed by atoms with Gasteiger partial charge in [0.2, 0.25) is 11.8 Å². The molecule has 0 aromatic carbocycles. The minimum atomic E-state index is -0.0692. The maximum absolute atomic E-state index is 12.8. The fourth-order valence-electron chi connectivity index (χ4n) is 4.58. The average molecular weight is 461 g/mol. The summed E-state index contributed by atoms with van der Waals surface area (Å²) in [5, 5.41) is 7.27. The fourth-order valence-corrected chi connectivity index (χ4v) is 6.01. The van der Waals surface area contributed by atoms with Gasteiger partial charge in [-0.15, -0.1) is 22.7 Å². The SMILES string of the molecule is O=C(Cc1cccs1)Nc1nc(CC(=O)N2CCCN(CC3CCCCC3)CC2)cs1. The highest BCUT2D eigenvalue weighted by molar-refractivity contribution is 7.14. The van der Waals surface area contributed by atoms with E-state index in [9.17, 15) is 9.59 Å². The zero-order valence-electron chi connectivity index (χ0n) is 18.1. The van der Waals surface area contributed by atoms with Crippen molar-refractivity contribution in [3.8, 4) is 0 Å². The topological polar surface area (TPSA) is 65.5 Å². The number of nitrogens with one attached hydrogen (secondary N) is 1. The molecule has 1 saturated carbocycles. The van der Waals surface area contributed by atoms with Gasteiger partial charge in [-0.2, -0.15) is 0 Å². The van der Waals surface area contributed by atoms with Gasteiger partial charge in [-0.1, -0.05) is 25.3 Å². The van der Waals surface area contributed by atoms with Crippen LogP contribution < -0.4 is 5.32 Å². The van der Waals surface area contributed by atoms with Crippen LogP contribution >= 0.6 is 22.7 Å². The summed E-state index contributed by atoms with van der Waals surface area (Å²) in [5.74, 6) is 0.918. The molecular formula is C23H32N4O2S2. The number of hydrogen-bond donors (Lipinski definition) is 1. The van der Waals surface area contributed by atoms with Gasteiger partial charge in [0, 0.05) is 36.4 Å². The van der Waals surface area contributed by atoms with E-state index < -0.39 is 0 Å². The number of carbonyl (C=O) groups is 2. The zero-order chi connectivity index (χ0) is 21.5. The number of amides is 2. The molecule has 4 rings (SSSR count). The molecule has 1 aliphatic heterocycles. The summed E-state index contributed by atoms with van der Waals surface area (Å²) in [6, 6.07) is 3.89. The van der Waals surface area contributed by atoms with Crippen LogP contribution in [-0.2, 0) is 22.4 Å². The number of rotatable bonds is 7. The van der Waals surface area contributed by atoms with Crippen LogP contribution in [0.25, 0.3) is 0 Å². The molecule has 2 aromatic heterocycles. The molecule has 0 spiro atoms. The van der Waals surface area contributed by atoms with Crippen LogP contribution in [0.3, 0.4) is 0 Å². The molecule has 0 bridgehead atoms. The highest BCUT2D eigenvalue weighted by Gasteiger charge is 2.23. The third-order valence-corrected chi connectivity index (χ3v) is 7.91. The van der Waals surface area contributed by atoms with E-state index in [-0.39, 0.29) is 11.8 Å². The summed E-state index contributed by atoms with van der Waals surface area (Å²) < 4.78 is 0. The molecule has 6 nitrogen and oxygen atoms in total. The van der Waals surface area contributed by atoms with Crippen molar-refractivity contribution in [2.24, 2.45) is 5.92 Å². The van der Waals surface area contributed by atoms with Crippen LogP contribution in [0, 0.1) is 5.92 Å². The lowest BCUT2D eigenvalue weighted by Crippen LogP contribution is -2.37. The maximum Gasteiger partial charge on any atom is 0.231 e. The predicted molar refractivity (Wildman–Crippen MR) is 127 cm³/mol. The minimum absolute atomic E-state index is 0.0692. The first-order valence-corrected chi connectivity index (χ1v) is 13.2. The lowest BCUT2D eigenvalue weighted by atomic mass is 9.89. The largest absolute Gasteiger partial charge is 0.341 e. The van der Waals surface area contributed by atoms with Crippen LogP contribution in [0.2, 0.25) is 0 Å². The van der Waals surface area contributed by atoms with Crippen molar-refractivity contribution < 1.29 is 9.59 Å². The van der Waals surface area contributed by atoms with E-state index in [4.69, 9.17) is 0 Å². The van der Waals surface area contributed by atoms with E-state index in [0.717, 1.165) is 49.1 Å². The quantitative estimate of drug-likeness (QED) is 0.677. The summed E-state index contributed by atoms with van der Waals surface area (Å²) in [5.41, 5.74) is 0.740. The van der Waals surface area contributed by atoms with Gasteiger partial charge in [0.15, 0.2) is 5.13 Å². The molecule has 1 aliphatic carbocycles. The van der Waals surface area contributed by atoms with Gasteiger partial charge in [0.25, 0.3) is 0 Å². The van der Waals surface area contributed by atoms with Gasteiger partial charge in [-0.05, 0) is 43.2 Å². The standard InChI is InChI=1S/C23H32N4O2S2/c28-21(15-20-8-4-13-30-20)25-23-24-19(17-31-23)14-22(29)27-10-5-9-26(11-12-27)16-18-6-2-1-3-7-18/h4,8,13,17-18H,1-3,5-7,9-12,14-16H2,(H,24,25,28). The second kappa shape index (κ2) is 11.2. The Morgan fingerprint density at radius 2 is 1.90 bits per heavy atom. The molecule has 1 saturated heterocycles. The van der Waals surface area contributed by atoms with Crippen molar-refractivity contribution in [2.45, 2.75) is 51.4 Å². The number of aromatic nitrogens is 1. The Morgan fingerprint density at radius 3 is 2.71 bits per heavy atom. The van der Waals surface area contributed by atoms with Gasteiger partial charge in [0.05, 0.1) is 18.5 Å². The molecule has 2 fully saturated rings. The molecule has 2 aliphatic rings. The number of hydrogen-bond acceptors (Lipinski definition) is 6. The second-order valence-corrected chi connectivity index (χ2v) is 10.6. The van der Waals surface area contributed by atoms with Crippen LogP contribution in [0.4, 0.5) is 5.13 Å². The minimum Gasteiger partial charge on any atom is -0.341 e. The third kappa shape index (κ3) is 6.85. The summed E-state index contributed by atoms with van der Waals surface area (Å²) in [7, 11) is 0. The molecule has 3 heterocycles. The van der Waals surface area contributed by atoms with Crippen molar-refractivity contribution in [3.63, 3.8) is 0 Å². The van der Waals surface area contributed by atoms with Crippen LogP contribution in [0.1, 0.15) is 49.1 Å². The zero-order valence-corrected chi connectivity index (χ0v) is 19.7. The van der Waals surface area contributed by atoms with Crippen molar-refractivity contribution in [1.29, 1.82) is 0 Å². The Bertz CT molecular complexity index is 846. The Balaban J connectivity index is 1.22. The van der Waals surface area contributed by atoms with E-state index in [1.807, 2.05) is 27.8 Å². The first-order valence-electron chi connectivity index (χ1n) is 11.4. The average Bonchev–Trinajstić information content (AvgIpc) is 3.36. The molecule has 2 amide bonds. The van der Waals surface area contributed by atoms with E-state index >= 15 is 0 Å². The molecule has 0 radical (unpaired) electrons. The Labute approximate surface area is 192 Å². The number of anilines is 1. The Morgan fingerprint density at radius 1 is 1.03 bits per heavy atom. The maximum atomic E-state index is 12.8. The highest BCUT2D eigenvalue weighted by Crippen LogP contribution is 2.25. The molecular weight excluding hydrogens is 428 g/mol. The Hall–Kier alpha value is -1.77. The van der Waals surface area contributed by atoms with Crippen molar-refractivity contribution in [1.82, 2.24) is 14.8 Å². The molecule has 2 aromatic rings. The summed E-state index contributed by atoms with van der Waals surface area (Å²) in [6.45, 7) is 4.90. The number of carbonyl (C=O) groups excluding carboxylic acids is 2. The van der Waals surface area contributed by atoms with Crippen LogP contribution in [0.15, 0.2) is 22.9 Å². The molecule has 31 heavy (non-hydrogen) atoms. The van der Waals surface area contributed by atoms with Gasteiger partial charge >= 0.3 is 0 Å². The number of thiazole rings is 1. The van der Waals surface area contributed by atoms with Crippen molar-refractivity contribution in [2.75, 3.05) is 38.0 Å². The van der Waals surface area contributed by atoms with Gasteiger partial charge in [-0.3, -0.25) is 9.59 Å². The van der Waals surface area contributed by atoms with E-state index in [0.29, 0.717) is 18.0 Å². The van der Waals surface area contributed by atoms with Gasteiger partial charge in [0.1, 0.15) is 0 Å². The molecule has 0 atom stereocenters. The summed E-state index contributed by atoms with van der Waals surface area (Å²) >= 11 is 2.96. The number of thiophene rings is 1. The second-order valence-electron chi connectivity index (χ2n) is 8.66. The summed E-state index contributed by atoms with van der Waals surface area (Å²) in [6.07, 6.45) is 8.61. The van der Waals surface area contributed by atoms with Crippen molar-refractivity contribution >= 4 is 39.6 Å². The first-order chi connectivity index (χ1) is 15.2. The predicted octanol–water partition coefficient (Wildman–Crippen LogP) is 4.04. The molecule has 1 N–H and O–H groups in total. The molecule has 0 unspecified atom stereocenters. The highest BCUT2D eigenvalue weighted by atomic mass is 32.1. The smallest absolute Gasteiger partial charge is 0.231 e. The lowest BCUT2D eigenvalue weighted by Gasteiger charge is -2.28. The lowest BCUT2D eigenvalue weighted by molar-refractivity contribution is -0.130. The number of nitrogens with zero attached hydrogens (tertiary/aromatic N) is 3. The monoisotopic (exact) mass is 460 g/mol. The van der Waals surface area contributed by atoms with E-state index in [1.165, 1.54) is 50.0 Å². The van der Waals surface area contributed by atoms with Crippen LogP contribution in [-0.4, -0.2) is 59.3 Å². The Kier molecular flexibility index (Phi) is 8.10. The normalized spacial score (nSPS) is 18.6.